The fourth-order valence-electron chi connectivity index (χ4n) is 5.75. The van der Waals surface area contributed by atoms with Gasteiger partial charge in [-0.1, -0.05) is 24.5 Å². The number of aromatic nitrogens is 7. The van der Waals surface area contributed by atoms with Crippen molar-refractivity contribution in [3.8, 4) is 0 Å². The third-order valence-electron chi connectivity index (χ3n) is 7.86. The van der Waals surface area contributed by atoms with Gasteiger partial charge in [-0.25, -0.2) is 37.8 Å². The summed E-state index contributed by atoms with van der Waals surface area (Å²) in [5.41, 5.74) is -0.378. The summed E-state index contributed by atoms with van der Waals surface area (Å²) in [6.45, 7) is -9.81. The normalized spacial score (nSPS) is 36.8. The molecule has 47 heavy (non-hydrogen) atoms. The molecule has 3 N–H and O–H groups in total. The van der Waals surface area contributed by atoms with E-state index in [9.17, 15) is 23.4 Å². The van der Waals surface area contributed by atoms with E-state index in [1.165, 1.54) is 17.2 Å². The van der Waals surface area contributed by atoms with Gasteiger partial charge in [0.25, 0.3) is 5.56 Å². The van der Waals surface area contributed by atoms with E-state index < -0.39 is 92.7 Å². The molecule has 0 spiro atoms. The third kappa shape index (κ3) is 6.03. The van der Waals surface area contributed by atoms with Crippen molar-refractivity contribution in [3.05, 3.63) is 41.3 Å². The van der Waals surface area contributed by atoms with E-state index in [1.54, 1.807) is 7.05 Å². The van der Waals surface area contributed by atoms with Crippen molar-refractivity contribution in [1.82, 2.24) is 34.1 Å². The minimum atomic E-state index is -4.41. The van der Waals surface area contributed by atoms with Gasteiger partial charge in [-0.15, -0.1) is 0 Å². The number of H-pyrrole nitrogens is 1. The van der Waals surface area contributed by atoms with Crippen LogP contribution in [0, 0.1) is 5.82 Å². The molecule has 3 fully saturated rings. The number of halogens is 2. The monoisotopic (exact) mass is 738 g/mol. The Labute approximate surface area is 272 Å². The van der Waals surface area contributed by atoms with Gasteiger partial charge in [-0.05, 0) is 0 Å². The molecule has 0 radical (unpaired) electrons. The maximum absolute atomic E-state index is 16.1. The van der Waals surface area contributed by atoms with E-state index in [2.05, 4.69) is 54.7 Å². The van der Waals surface area contributed by atoms with Gasteiger partial charge in [-0.3, -0.25) is 22.9 Å². The van der Waals surface area contributed by atoms with Crippen LogP contribution >= 0.6 is 38.1 Å². The molecule has 3 aliphatic heterocycles. The molecule has 4 aromatic heterocycles. The first-order valence-corrected chi connectivity index (χ1v) is 19.3. The summed E-state index contributed by atoms with van der Waals surface area (Å²) < 4.78 is 94.1. The molecule has 0 amide bonds. The van der Waals surface area contributed by atoms with Crippen molar-refractivity contribution < 1.29 is 50.6 Å². The number of thiol groups is 2. The van der Waals surface area contributed by atoms with E-state index in [4.69, 9.17) is 27.6 Å². The lowest BCUT2D eigenvalue weighted by molar-refractivity contribution is -0.0473. The maximum Gasteiger partial charge on any atom is 0.386 e. The number of rotatable bonds is 3. The molecule has 0 aromatic carbocycles. The number of hydrogen-bond donors (Lipinski definition) is 5. The van der Waals surface area contributed by atoms with Gasteiger partial charge in [-0.2, -0.15) is 0 Å². The summed E-state index contributed by atoms with van der Waals surface area (Å²) in [7, 11) is 1.63. The minimum Gasteiger partial charge on any atom is -0.387 e. The first-order valence-electron chi connectivity index (χ1n) is 13.9. The first-order chi connectivity index (χ1) is 22.4. The molecule has 4 aromatic rings. The Balaban J connectivity index is 1.18. The van der Waals surface area contributed by atoms with Crippen LogP contribution in [0.25, 0.3) is 22.2 Å². The second-order valence-electron chi connectivity index (χ2n) is 10.7. The smallest absolute Gasteiger partial charge is 0.386 e. The zero-order valence-electron chi connectivity index (χ0n) is 23.9. The summed E-state index contributed by atoms with van der Waals surface area (Å²) in [4.78, 5) is 31.0. The second kappa shape index (κ2) is 12.4. The van der Waals surface area contributed by atoms with Crippen molar-refractivity contribution in [1.29, 1.82) is 0 Å². The Morgan fingerprint density at radius 2 is 1.77 bits per heavy atom. The topological polar surface area (TPSA) is 216 Å². The Morgan fingerprint density at radius 3 is 2.55 bits per heavy atom. The Morgan fingerprint density at radius 1 is 1.02 bits per heavy atom. The number of nitrogens with one attached hydrogen (secondary N) is 2. The predicted molar refractivity (Wildman–Crippen MR) is 163 cm³/mol. The van der Waals surface area contributed by atoms with Crippen molar-refractivity contribution >= 4 is 66.1 Å². The fourth-order valence-corrected chi connectivity index (χ4v) is 8.74. The highest BCUT2D eigenvalue weighted by Crippen LogP contribution is 2.59. The van der Waals surface area contributed by atoms with E-state index in [-0.39, 0.29) is 17.7 Å². The predicted octanol–water partition coefficient (Wildman–Crippen LogP) is 2.52. The van der Waals surface area contributed by atoms with E-state index >= 15 is 4.39 Å². The SMILES string of the molecule is CNc1ncnc2c1ncn2[C@@H]1O[C@@H]2CCO[P@@](=O)(S)O[C@@H]3[C@H](O)[C@@H](CO[P@@](=O)(S)O[C@H]2[C@H]1F)O[C@H]3n1cc(F)c2c(=O)[nH]cnc21. The number of fused-ring (bicyclic) bond motifs is 5. The molecule has 18 nitrogen and oxygen atoms in total. The molecular formula is C23H26F2N8O10P2S2. The lowest BCUT2D eigenvalue weighted by Gasteiger charge is -2.26. The van der Waals surface area contributed by atoms with Gasteiger partial charge >= 0.3 is 13.6 Å². The van der Waals surface area contributed by atoms with Gasteiger partial charge in [0.1, 0.15) is 41.6 Å². The van der Waals surface area contributed by atoms with Crippen molar-refractivity contribution in [3.63, 3.8) is 0 Å². The van der Waals surface area contributed by atoms with Crippen LogP contribution in [0.3, 0.4) is 0 Å². The van der Waals surface area contributed by atoms with Crippen LogP contribution in [0.4, 0.5) is 14.6 Å². The first kappa shape index (κ1) is 33.0. The van der Waals surface area contributed by atoms with Gasteiger partial charge in [0, 0.05) is 19.7 Å². The molecule has 7 rings (SSSR count). The summed E-state index contributed by atoms with van der Waals surface area (Å²) in [5, 5.41) is 13.6. The molecule has 0 saturated carbocycles. The number of nitrogens with zero attached hydrogens (tertiary/aromatic N) is 6. The zero-order valence-corrected chi connectivity index (χ0v) is 27.5. The van der Waals surface area contributed by atoms with E-state index in [0.717, 1.165) is 17.1 Å². The number of ether oxygens (including phenoxy) is 2. The van der Waals surface area contributed by atoms with E-state index in [1.807, 2.05) is 0 Å². The number of alkyl halides is 1. The van der Waals surface area contributed by atoms with Gasteiger partial charge in [0.2, 0.25) is 0 Å². The van der Waals surface area contributed by atoms with Crippen LogP contribution in [-0.2, 0) is 36.7 Å². The second-order valence-corrected chi connectivity index (χ2v) is 16.4. The Kier molecular flexibility index (Phi) is 8.74. The van der Waals surface area contributed by atoms with Crippen LogP contribution in [0.1, 0.15) is 18.9 Å². The molecule has 24 heteroatoms. The van der Waals surface area contributed by atoms with Crippen molar-refractivity contribution in [2.75, 3.05) is 25.6 Å². The van der Waals surface area contributed by atoms with Crippen molar-refractivity contribution in [2.45, 2.75) is 55.6 Å². The number of aromatic amines is 1. The molecule has 0 aliphatic carbocycles. The fraction of sp³-hybridized carbons (Fsp3) is 0.522. The van der Waals surface area contributed by atoms with Crippen LogP contribution in [0.5, 0.6) is 0 Å². The van der Waals surface area contributed by atoms with Crippen molar-refractivity contribution in [2.24, 2.45) is 0 Å². The average Bonchev–Trinajstić information content (AvgIpc) is 3.76. The highest BCUT2D eigenvalue weighted by atomic mass is 32.7. The highest BCUT2D eigenvalue weighted by molar-refractivity contribution is 8.44. The standard InChI is InChI=1S/C23H26F2N8O10P2S2/c1-26-18-14-20(29-6-27-18)33(8-31-14)22-13(25)16-10(40-22)2-3-38-44(36,46)43-17-15(34)11(5-39-45(37,47)42-16)41-23(17)32-4-9(24)12-19(32)28-7-30-21(12)35/h4,6-8,10-11,13,15-17,22-23,34H,2-3,5H2,1H3,(H,36,46)(H,37,47)(H,26,27,29)(H,28,30,35)/t10-,11-,13-,15-,16-,17-,22-,23-,44-,45-/m1/s1. The van der Waals surface area contributed by atoms with Gasteiger partial charge in [0.05, 0.1) is 32.0 Å². The summed E-state index contributed by atoms with van der Waals surface area (Å²) in [6, 6.07) is 0. The summed E-state index contributed by atoms with van der Waals surface area (Å²) in [6.07, 6.45) is -7.78. The summed E-state index contributed by atoms with van der Waals surface area (Å²) in [5.74, 6) is -0.566. The molecule has 3 saturated heterocycles. The molecule has 10 atom stereocenters. The number of hydrogen-bond acceptors (Lipinski definition) is 15. The third-order valence-corrected chi connectivity index (χ3v) is 11.1. The van der Waals surface area contributed by atoms with Crippen LogP contribution in [0.15, 0.2) is 30.0 Å². The lowest BCUT2D eigenvalue weighted by atomic mass is 10.1. The minimum absolute atomic E-state index is 0.178. The Hall–Kier alpha value is -2.49. The van der Waals surface area contributed by atoms with E-state index in [0.29, 0.717) is 11.3 Å². The van der Waals surface area contributed by atoms with Gasteiger partial charge in [0.15, 0.2) is 41.6 Å². The molecule has 3 aliphatic rings. The van der Waals surface area contributed by atoms with Crippen LogP contribution < -0.4 is 10.9 Å². The number of aliphatic hydroxyl groups excluding tert-OH is 1. The lowest BCUT2D eigenvalue weighted by Crippen LogP contribution is -2.36. The quantitative estimate of drug-likeness (QED) is 0.151. The maximum atomic E-state index is 16.1. The number of aliphatic hydroxyl groups is 1. The molecule has 0 unspecified atom stereocenters. The van der Waals surface area contributed by atoms with Crippen LogP contribution in [-0.4, -0.2) is 96.1 Å². The molecule has 2 bridgehead atoms. The average molecular weight is 739 g/mol. The highest BCUT2D eigenvalue weighted by Gasteiger charge is 2.53. The number of imidazole rings is 1. The van der Waals surface area contributed by atoms with Gasteiger partial charge < -0.3 is 34.0 Å². The largest absolute Gasteiger partial charge is 0.387 e. The van der Waals surface area contributed by atoms with Crippen LogP contribution in [0.2, 0.25) is 0 Å². The zero-order chi connectivity index (χ0) is 33.2. The number of anilines is 1. The molecule has 7 heterocycles. The molecular weight excluding hydrogens is 712 g/mol. The Bertz CT molecular complexity index is 1990. The summed E-state index contributed by atoms with van der Waals surface area (Å²) >= 11 is 8.07. The molecule has 254 valence electrons.